The van der Waals surface area contributed by atoms with Crippen molar-refractivity contribution < 1.29 is 24.1 Å². The number of nitrogens with zero attached hydrogens (tertiary/aromatic N) is 2. The number of non-ortho nitro benzene ring substituents is 1. The zero-order chi connectivity index (χ0) is 28.5. The SMILES string of the molecule is CN[C@@H](C)C(=O)N[C@@H](Cc1ccc([N+](=O)[O-])cc1)C(=O)N1CCC[C@H]1C(=O)N[C@@H](Cc1ccccc1)C(N)=O. The summed E-state index contributed by atoms with van der Waals surface area (Å²) < 4.78 is 0. The van der Waals surface area contributed by atoms with Gasteiger partial charge in [0.15, 0.2) is 0 Å². The van der Waals surface area contributed by atoms with Gasteiger partial charge >= 0.3 is 0 Å². The molecule has 2 aromatic carbocycles. The third kappa shape index (κ3) is 7.84. The zero-order valence-corrected chi connectivity index (χ0v) is 22.0. The lowest BCUT2D eigenvalue weighted by molar-refractivity contribution is -0.384. The minimum Gasteiger partial charge on any atom is -0.368 e. The molecule has 1 saturated heterocycles. The monoisotopic (exact) mass is 538 g/mol. The quantitative estimate of drug-likeness (QED) is 0.224. The summed E-state index contributed by atoms with van der Waals surface area (Å²) in [6.45, 7) is 1.94. The van der Waals surface area contributed by atoms with E-state index in [1.807, 2.05) is 30.3 Å². The van der Waals surface area contributed by atoms with Crippen molar-refractivity contribution in [3.63, 3.8) is 0 Å². The summed E-state index contributed by atoms with van der Waals surface area (Å²) in [5.41, 5.74) is 6.89. The Kier molecular flexibility index (Phi) is 10.1. The molecule has 0 bridgehead atoms. The molecule has 1 aliphatic rings. The van der Waals surface area contributed by atoms with Crippen LogP contribution >= 0.6 is 0 Å². The molecule has 1 heterocycles. The zero-order valence-electron chi connectivity index (χ0n) is 22.0. The van der Waals surface area contributed by atoms with E-state index in [1.165, 1.54) is 29.2 Å². The van der Waals surface area contributed by atoms with E-state index in [4.69, 9.17) is 5.73 Å². The molecule has 2 aromatic rings. The van der Waals surface area contributed by atoms with Gasteiger partial charge < -0.3 is 26.6 Å². The molecule has 5 N–H and O–H groups in total. The van der Waals surface area contributed by atoms with Crippen molar-refractivity contribution in [2.24, 2.45) is 5.73 Å². The number of amides is 4. The number of benzene rings is 2. The molecule has 0 unspecified atom stereocenters. The Hall–Kier alpha value is -4.32. The summed E-state index contributed by atoms with van der Waals surface area (Å²) in [5, 5.41) is 19.3. The van der Waals surface area contributed by atoms with Crippen LogP contribution in [0.15, 0.2) is 54.6 Å². The van der Waals surface area contributed by atoms with E-state index in [-0.39, 0.29) is 18.5 Å². The van der Waals surface area contributed by atoms with Crippen LogP contribution in [-0.4, -0.2) is 71.2 Å². The Labute approximate surface area is 226 Å². The van der Waals surface area contributed by atoms with Crippen LogP contribution in [0.1, 0.15) is 30.9 Å². The molecule has 208 valence electrons. The molecule has 4 amide bonds. The number of nitro groups is 1. The van der Waals surface area contributed by atoms with Crippen molar-refractivity contribution in [2.45, 2.75) is 56.8 Å². The molecular formula is C27H34N6O6. The van der Waals surface area contributed by atoms with E-state index in [1.54, 1.807) is 14.0 Å². The highest BCUT2D eigenvalue weighted by molar-refractivity contribution is 5.95. The van der Waals surface area contributed by atoms with Crippen LogP contribution in [0.5, 0.6) is 0 Å². The Morgan fingerprint density at radius 2 is 1.62 bits per heavy atom. The van der Waals surface area contributed by atoms with E-state index in [0.717, 1.165) is 5.56 Å². The number of carbonyl (C=O) groups excluding carboxylic acids is 4. The lowest BCUT2D eigenvalue weighted by Gasteiger charge is -2.30. The van der Waals surface area contributed by atoms with E-state index < -0.39 is 52.7 Å². The fourth-order valence-corrected chi connectivity index (χ4v) is 4.46. The lowest BCUT2D eigenvalue weighted by atomic mass is 10.0. The van der Waals surface area contributed by atoms with E-state index in [0.29, 0.717) is 24.9 Å². The third-order valence-electron chi connectivity index (χ3n) is 6.81. The number of hydrogen-bond acceptors (Lipinski definition) is 7. The van der Waals surface area contributed by atoms with Crippen molar-refractivity contribution in [1.29, 1.82) is 0 Å². The van der Waals surface area contributed by atoms with E-state index in [9.17, 15) is 29.3 Å². The van der Waals surface area contributed by atoms with Crippen molar-refractivity contribution in [1.82, 2.24) is 20.9 Å². The standard InChI is InChI=1S/C27H34N6O6/c1-17(29-2)25(35)31-22(16-19-10-12-20(13-11-19)33(38)39)27(37)32-14-6-9-23(32)26(36)30-21(24(28)34)15-18-7-4-3-5-8-18/h3-5,7-8,10-13,17,21-23,29H,6,9,14-16H2,1-2H3,(H2,28,34)(H,30,36)(H,31,35)/t17-,21-,22-,23-/m0/s1. The van der Waals surface area contributed by atoms with Crippen molar-refractivity contribution in [3.8, 4) is 0 Å². The second-order valence-electron chi connectivity index (χ2n) is 9.54. The van der Waals surface area contributed by atoms with Gasteiger partial charge in [0.05, 0.1) is 11.0 Å². The Bertz CT molecular complexity index is 1190. The van der Waals surface area contributed by atoms with Gasteiger partial charge in [-0.1, -0.05) is 42.5 Å². The second kappa shape index (κ2) is 13.5. The molecule has 1 aliphatic heterocycles. The number of primary amides is 1. The summed E-state index contributed by atoms with van der Waals surface area (Å²) >= 11 is 0. The fourth-order valence-electron chi connectivity index (χ4n) is 4.46. The van der Waals surface area contributed by atoms with Gasteiger partial charge in [0.1, 0.15) is 18.1 Å². The first kappa shape index (κ1) is 29.2. The normalized spacial score (nSPS) is 17.1. The molecule has 12 heteroatoms. The molecule has 0 spiro atoms. The maximum atomic E-state index is 13.7. The summed E-state index contributed by atoms with van der Waals surface area (Å²) in [5.74, 6) is -2.05. The first-order valence-electron chi connectivity index (χ1n) is 12.8. The average Bonchev–Trinajstić information content (AvgIpc) is 3.42. The van der Waals surface area contributed by atoms with Crippen LogP contribution in [0.2, 0.25) is 0 Å². The van der Waals surface area contributed by atoms with Gasteiger partial charge in [0, 0.05) is 31.5 Å². The van der Waals surface area contributed by atoms with Gasteiger partial charge in [-0.25, -0.2) is 0 Å². The number of likely N-dealkylation sites (N-methyl/N-ethyl adjacent to an activating group) is 1. The third-order valence-corrected chi connectivity index (χ3v) is 6.81. The number of rotatable bonds is 12. The van der Waals surface area contributed by atoms with Crippen LogP contribution in [0.25, 0.3) is 0 Å². The molecule has 1 fully saturated rings. The Morgan fingerprint density at radius 1 is 1.00 bits per heavy atom. The lowest BCUT2D eigenvalue weighted by Crippen LogP contribution is -2.57. The molecule has 0 aromatic heterocycles. The number of nitrogens with two attached hydrogens (primary N) is 1. The van der Waals surface area contributed by atoms with Crippen LogP contribution < -0.4 is 21.7 Å². The summed E-state index contributed by atoms with van der Waals surface area (Å²) in [7, 11) is 1.61. The second-order valence-corrected chi connectivity index (χ2v) is 9.54. The Balaban J connectivity index is 1.78. The van der Waals surface area contributed by atoms with Crippen LogP contribution in [0.4, 0.5) is 5.69 Å². The van der Waals surface area contributed by atoms with Gasteiger partial charge in [-0.15, -0.1) is 0 Å². The summed E-state index contributed by atoms with van der Waals surface area (Å²) in [6, 6.07) is 11.5. The minimum atomic E-state index is -1.01. The summed E-state index contributed by atoms with van der Waals surface area (Å²) in [6.07, 6.45) is 1.24. The number of carbonyl (C=O) groups is 4. The predicted molar refractivity (Wildman–Crippen MR) is 143 cm³/mol. The number of likely N-dealkylation sites (tertiary alicyclic amines) is 1. The highest BCUT2D eigenvalue weighted by Crippen LogP contribution is 2.21. The number of nitro benzene ring substituents is 1. The smallest absolute Gasteiger partial charge is 0.269 e. The minimum absolute atomic E-state index is 0.0712. The molecule has 4 atom stereocenters. The van der Waals surface area contributed by atoms with E-state index in [2.05, 4.69) is 16.0 Å². The van der Waals surface area contributed by atoms with Gasteiger partial charge in [-0.05, 0) is 37.9 Å². The molecule has 0 aliphatic carbocycles. The molecule has 39 heavy (non-hydrogen) atoms. The average molecular weight is 539 g/mol. The maximum absolute atomic E-state index is 13.7. The first-order chi connectivity index (χ1) is 18.6. The summed E-state index contributed by atoms with van der Waals surface area (Å²) in [4.78, 5) is 63.6. The van der Waals surface area contributed by atoms with Crippen LogP contribution in [0.3, 0.4) is 0 Å². The molecule has 3 rings (SSSR count). The van der Waals surface area contributed by atoms with Crippen molar-refractivity contribution in [3.05, 3.63) is 75.8 Å². The topological polar surface area (TPSA) is 177 Å². The van der Waals surface area contributed by atoms with Gasteiger partial charge in [-0.3, -0.25) is 29.3 Å². The predicted octanol–water partition coefficient (Wildman–Crippen LogP) is 0.434. The fraction of sp³-hybridized carbons (Fsp3) is 0.407. The molecule has 0 radical (unpaired) electrons. The highest BCUT2D eigenvalue weighted by atomic mass is 16.6. The van der Waals surface area contributed by atoms with E-state index >= 15 is 0 Å². The highest BCUT2D eigenvalue weighted by Gasteiger charge is 2.39. The maximum Gasteiger partial charge on any atom is 0.269 e. The number of nitrogens with one attached hydrogen (secondary N) is 3. The first-order valence-corrected chi connectivity index (χ1v) is 12.8. The van der Waals surface area contributed by atoms with Crippen molar-refractivity contribution in [2.75, 3.05) is 13.6 Å². The van der Waals surface area contributed by atoms with Crippen molar-refractivity contribution >= 4 is 29.3 Å². The largest absolute Gasteiger partial charge is 0.368 e. The van der Waals surface area contributed by atoms with Crippen LogP contribution in [-0.2, 0) is 32.0 Å². The van der Waals surface area contributed by atoms with Gasteiger partial charge in [0.25, 0.3) is 5.69 Å². The molecule has 12 nitrogen and oxygen atoms in total. The Morgan fingerprint density at radius 3 is 2.21 bits per heavy atom. The van der Waals surface area contributed by atoms with Gasteiger partial charge in [-0.2, -0.15) is 0 Å². The van der Waals surface area contributed by atoms with Crippen LogP contribution in [0, 0.1) is 10.1 Å². The molecular weight excluding hydrogens is 504 g/mol. The number of hydrogen-bond donors (Lipinski definition) is 4. The molecule has 0 saturated carbocycles. The van der Waals surface area contributed by atoms with Gasteiger partial charge in [0.2, 0.25) is 23.6 Å².